The normalized spacial score (nSPS) is 24.7. The van der Waals surface area contributed by atoms with E-state index in [0.29, 0.717) is 24.3 Å². The molecule has 4 heterocycles. The second kappa shape index (κ2) is 6.55. The Morgan fingerprint density at radius 3 is 2.81 bits per heavy atom. The van der Waals surface area contributed by atoms with Gasteiger partial charge in [-0.15, -0.1) is 0 Å². The fraction of sp³-hybridized carbons (Fsp3) is 0.316. The minimum Gasteiger partial charge on any atom is -0.477 e. The van der Waals surface area contributed by atoms with Gasteiger partial charge in [0.2, 0.25) is 11.7 Å². The standard InChI is InChI=1S/C19H19N3O5/c1-10-8-22(9-11(2)26-10)18-15(19(24)25)16(23)14(27-18)6-12-7-21-17-13(12)4-3-5-20-17/h3-7,10-11H,8-9H2,1-2H3,(H,20,21)(H,24,25)/b14-6-. The van der Waals surface area contributed by atoms with Crippen molar-refractivity contribution in [2.75, 3.05) is 13.1 Å². The van der Waals surface area contributed by atoms with Crippen LogP contribution < -0.4 is 0 Å². The van der Waals surface area contributed by atoms with Crippen molar-refractivity contribution >= 4 is 28.9 Å². The van der Waals surface area contributed by atoms with Crippen molar-refractivity contribution in [1.82, 2.24) is 14.9 Å². The lowest BCUT2D eigenvalue weighted by Crippen LogP contribution is -2.45. The van der Waals surface area contributed by atoms with Crippen LogP contribution in [0.5, 0.6) is 0 Å². The molecule has 0 aromatic carbocycles. The van der Waals surface area contributed by atoms with Crippen molar-refractivity contribution in [2.45, 2.75) is 26.1 Å². The molecule has 0 spiro atoms. The highest BCUT2D eigenvalue weighted by Gasteiger charge is 2.40. The Labute approximate surface area is 155 Å². The highest BCUT2D eigenvalue weighted by atomic mass is 16.5. The molecule has 8 nitrogen and oxygen atoms in total. The van der Waals surface area contributed by atoms with Crippen LogP contribution in [0.2, 0.25) is 0 Å². The minimum absolute atomic E-state index is 0.0149. The Hall–Kier alpha value is -3.13. The van der Waals surface area contributed by atoms with Crippen molar-refractivity contribution in [3.8, 4) is 0 Å². The number of carbonyl (C=O) groups is 2. The number of morpholine rings is 1. The summed E-state index contributed by atoms with van der Waals surface area (Å²) < 4.78 is 11.4. The maximum absolute atomic E-state index is 12.7. The van der Waals surface area contributed by atoms with Gasteiger partial charge in [0.05, 0.1) is 12.2 Å². The molecule has 1 fully saturated rings. The zero-order chi connectivity index (χ0) is 19.1. The van der Waals surface area contributed by atoms with Crippen molar-refractivity contribution in [2.24, 2.45) is 0 Å². The maximum atomic E-state index is 12.7. The Kier molecular flexibility index (Phi) is 4.19. The molecular formula is C19H19N3O5. The predicted molar refractivity (Wildman–Crippen MR) is 96.4 cm³/mol. The van der Waals surface area contributed by atoms with E-state index in [1.54, 1.807) is 29.4 Å². The lowest BCUT2D eigenvalue weighted by atomic mass is 10.1. The molecule has 140 valence electrons. The number of carboxylic acid groups (broad SMARTS) is 1. The largest absolute Gasteiger partial charge is 0.477 e. The van der Waals surface area contributed by atoms with Gasteiger partial charge in [0.15, 0.2) is 11.3 Å². The van der Waals surface area contributed by atoms with Gasteiger partial charge in [-0.05, 0) is 32.1 Å². The summed E-state index contributed by atoms with van der Waals surface area (Å²) in [5.74, 6) is -1.87. The first kappa shape index (κ1) is 17.3. The molecule has 0 amide bonds. The number of ketones is 1. The van der Waals surface area contributed by atoms with E-state index in [1.807, 2.05) is 19.9 Å². The zero-order valence-electron chi connectivity index (χ0n) is 14.9. The van der Waals surface area contributed by atoms with E-state index < -0.39 is 11.8 Å². The molecule has 2 aromatic rings. The molecule has 2 atom stereocenters. The third kappa shape index (κ3) is 3.08. The Morgan fingerprint density at radius 1 is 1.37 bits per heavy atom. The summed E-state index contributed by atoms with van der Waals surface area (Å²) in [6, 6.07) is 3.65. The van der Waals surface area contributed by atoms with Gasteiger partial charge in [-0.1, -0.05) is 0 Å². The number of fused-ring (bicyclic) bond motifs is 1. The van der Waals surface area contributed by atoms with E-state index in [9.17, 15) is 14.7 Å². The lowest BCUT2D eigenvalue weighted by Gasteiger charge is -2.36. The summed E-state index contributed by atoms with van der Waals surface area (Å²) in [5, 5.41) is 10.4. The van der Waals surface area contributed by atoms with Crippen LogP contribution in [0.1, 0.15) is 19.4 Å². The SMILES string of the molecule is CC1CN(C2=C(C(=O)O)C(=O)/C(=C/c3c[nH]c4ncccc34)O2)CC(C)O1. The van der Waals surface area contributed by atoms with Crippen molar-refractivity contribution < 1.29 is 24.2 Å². The second-order valence-electron chi connectivity index (χ2n) is 6.73. The maximum Gasteiger partial charge on any atom is 0.345 e. The highest BCUT2D eigenvalue weighted by Crippen LogP contribution is 2.32. The molecule has 0 aliphatic carbocycles. The summed E-state index contributed by atoms with van der Waals surface area (Å²) in [4.78, 5) is 33.4. The Balaban J connectivity index is 1.70. The van der Waals surface area contributed by atoms with Crippen LogP contribution in [0.15, 0.2) is 41.7 Å². The molecule has 4 rings (SSSR count). The van der Waals surface area contributed by atoms with E-state index in [0.717, 1.165) is 5.39 Å². The molecule has 8 heteroatoms. The van der Waals surface area contributed by atoms with Gasteiger partial charge >= 0.3 is 5.97 Å². The Bertz CT molecular complexity index is 980. The van der Waals surface area contributed by atoms with Crippen LogP contribution >= 0.6 is 0 Å². The number of aromatic nitrogens is 2. The third-order valence-corrected chi connectivity index (χ3v) is 4.56. The van der Waals surface area contributed by atoms with Gasteiger partial charge in [0.25, 0.3) is 0 Å². The van der Waals surface area contributed by atoms with Crippen LogP contribution in [0.3, 0.4) is 0 Å². The van der Waals surface area contributed by atoms with Gasteiger partial charge in [-0.2, -0.15) is 0 Å². The minimum atomic E-state index is -1.30. The van der Waals surface area contributed by atoms with Crippen LogP contribution in [-0.4, -0.2) is 57.0 Å². The van der Waals surface area contributed by atoms with Gasteiger partial charge in [-0.25, -0.2) is 9.78 Å². The number of carbonyl (C=O) groups excluding carboxylic acids is 1. The number of aromatic amines is 1. The van der Waals surface area contributed by atoms with Crippen LogP contribution in [-0.2, 0) is 19.1 Å². The van der Waals surface area contributed by atoms with Gasteiger partial charge < -0.3 is 24.5 Å². The average molecular weight is 369 g/mol. The number of rotatable bonds is 3. The molecule has 2 aromatic heterocycles. The third-order valence-electron chi connectivity index (χ3n) is 4.56. The number of aliphatic carboxylic acids is 1. The molecule has 2 aliphatic rings. The first-order chi connectivity index (χ1) is 12.9. The Morgan fingerprint density at radius 2 is 2.11 bits per heavy atom. The molecule has 2 aliphatic heterocycles. The summed E-state index contributed by atoms with van der Waals surface area (Å²) >= 11 is 0. The lowest BCUT2D eigenvalue weighted by molar-refractivity contribution is -0.134. The predicted octanol–water partition coefficient (Wildman–Crippen LogP) is 1.91. The van der Waals surface area contributed by atoms with Crippen LogP contribution in [0, 0.1) is 0 Å². The second-order valence-corrected chi connectivity index (χ2v) is 6.73. The van der Waals surface area contributed by atoms with Crippen molar-refractivity contribution in [3.63, 3.8) is 0 Å². The number of carboxylic acids is 1. The average Bonchev–Trinajstić information content (AvgIpc) is 3.16. The van der Waals surface area contributed by atoms with Gasteiger partial charge in [0.1, 0.15) is 5.65 Å². The molecule has 2 unspecified atom stereocenters. The number of allylic oxidation sites excluding steroid dienone is 1. The summed E-state index contributed by atoms with van der Waals surface area (Å²) in [7, 11) is 0. The van der Waals surface area contributed by atoms with Gasteiger partial charge in [0, 0.05) is 36.4 Å². The molecule has 27 heavy (non-hydrogen) atoms. The van der Waals surface area contributed by atoms with Crippen molar-refractivity contribution in [3.05, 3.63) is 47.3 Å². The van der Waals surface area contributed by atoms with E-state index in [2.05, 4.69) is 9.97 Å². The number of ether oxygens (including phenoxy) is 2. The number of nitrogens with one attached hydrogen (secondary N) is 1. The molecule has 0 saturated carbocycles. The fourth-order valence-corrected chi connectivity index (χ4v) is 3.51. The molecule has 2 N–H and O–H groups in total. The van der Waals surface area contributed by atoms with E-state index in [4.69, 9.17) is 9.47 Å². The number of hydrogen-bond donors (Lipinski definition) is 2. The van der Waals surface area contributed by atoms with E-state index in [-0.39, 0.29) is 29.4 Å². The highest BCUT2D eigenvalue weighted by molar-refractivity contribution is 6.26. The first-order valence-corrected chi connectivity index (χ1v) is 8.68. The topological polar surface area (TPSA) is 105 Å². The number of nitrogens with zero attached hydrogens (tertiary/aromatic N) is 2. The van der Waals surface area contributed by atoms with E-state index in [1.165, 1.54) is 0 Å². The summed E-state index contributed by atoms with van der Waals surface area (Å²) in [6.45, 7) is 4.70. The van der Waals surface area contributed by atoms with Crippen LogP contribution in [0.25, 0.3) is 17.1 Å². The molecule has 1 saturated heterocycles. The fourth-order valence-electron chi connectivity index (χ4n) is 3.51. The number of Topliss-reactive ketones (excluding diaryl/α,β-unsaturated/α-hetero) is 1. The van der Waals surface area contributed by atoms with Crippen LogP contribution in [0.4, 0.5) is 0 Å². The van der Waals surface area contributed by atoms with Crippen molar-refractivity contribution in [1.29, 1.82) is 0 Å². The first-order valence-electron chi connectivity index (χ1n) is 8.68. The zero-order valence-corrected chi connectivity index (χ0v) is 14.9. The number of hydrogen-bond acceptors (Lipinski definition) is 6. The smallest absolute Gasteiger partial charge is 0.345 e. The summed E-state index contributed by atoms with van der Waals surface area (Å²) in [6.07, 6.45) is 4.73. The summed E-state index contributed by atoms with van der Waals surface area (Å²) in [5.41, 5.74) is 1.04. The molecule has 0 radical (unpaired) electrons. The monoisotopic (exact) mass is 369 g/mol. The quantitative estimate of drug-likeness (QED) is 0.629. The van der Waals surface area contributed by atoms with E-state index >= 15 is 0 Å². The molecule has 0 bridgehead atoms. The van der Waals surface area contributed by atoms with Gasteiger partial charge in [-0.3, -0.25) is 4.79 Å². The number of pyridine rings is 1. The number of H-pyrrole nitrogens is 1. The molecular weight excluding hydrogens is 350 g/mol.